The Bertz CT molecular complexity index is 1590. The van der Waals surface area contributed by atoms with Gasteiger partial charge in [0.15, 0.2) is 5.13 Å². The van der Waals surface area contributed by atoms with Crippen LogP contribution in [0.15, 0.2) is 72.3 Å². The number of thiazole rings is 1. The van der Waals surface area contributed by atoms with Gasteiger partial charge in [-0.15, -0.1) is 0 Å². The quantitative estimate of drug-likeness (QED) is 0.141. The number of rotatable bonds is 6. The number of aromatic nitrogens is 1. The number of ether oxygens (including phenoxy) is 2. The van der Waals surface area contributed by atoms with Gasteiger partial charge in [0.2, 0.25) is 0 Å². The second-order valence-electron chi connectivity index (χ2n) is 8.35. The lowest BCUT2D eigenvalue weighted by Crippen LogP contribution is -2.29. The van der Waals surface area contributed by atoms with Crippen molar-refractivity contribution in [3.63, 3.8) is 0 Å². The van der Waals surface area contributed by atoms with Crippen molar-refractivity contribution in [3.8, 4) is 5.75 Å². The van der Waals surface area contributed by atoms with E-state index in [2.05, 4.69) is 4.98 Å². The molecule has 1 N–H and O–H groups in total. The van der Waals surface area contributed by atoms with Crippen LogP contribution in [0.5, 0.6) is 5.75 Å². The molecule has 10 heteroatoms. The molecule has 0 bridgehead atoms. The number of esters is 1. The number of anilines is 1. The molecule has 8 nitrogen and oxygen atoms in total. The minimum Gasteiger partial charge on any atom is -0.507 e. The molecule has 0 unspecified atom stereocenters. The fourth-order valence-corrected chi connectivity index (χ4v) is 5.43. The number of fused-ring (bicyclic) bond motifs is 1. The third-order valence-electron chi connectivity index (χ3n) is 6.08. The molecule has 0 radical (unpaired) electrons. The summed E-state index contributed by atoms with van der Waals surface area (Å²) in [5, 5.41) is 12.0. The molecule has 1 fully saturated rings. The van der Waals surface area contributed by atoms with Crippen molar-refractivity contribution in [1.29, 1.82) is 0 Å². The lowest BCUT2D eigenvalue weighted by Gasteiger charge is -2.23. The Labute approximate surface area is 226 Å². The molecule has 3 aromatic carbocycles. The summed E-state index contributed by atoms with van der Waals surface area (Å²) < 4.78 is 11.1. The highest BCUT2D eigenvalue weighted by Gasteiger charge is 2.48. The first-order chi connectivity index (χ1) is 18.3. The fourth-order valence-electron chi connectivity index (χ4n) is 4.28. The van der Waals surface area contributed by atoms with E-state index in [1.165, 1.54) is 35.5 Å². The molecule has 38 heavy (non-hydrogen) atoms. The highest BCUT2D eigenvalue weighted by Crippen LogP contribution is 2.44. The Balaban J connectivity index is 1.68. The molecule has 0 aliphatic carbocycles. The molecule has 1 aliphatic rings. The van der Waals surface area contributed by atoms with E-state index < -0.39 is 23.7 Å². The van der Waals surface area contributed by atoms with Crippen molar-refractivity contribution in [3.05, 3.63) is 94.0 Å². The largest absolute Gasteiger partial charge is 0.507 e. The Hall–Kier alpha value is -4.21. The fraction of sp³-hybridized carbons (Fsp3) is 0.143. The van der Waals surface area contributed by atoms with Crippen LogP contribution in [0.2, 0.25) is 5.02 Å². The minimum atomic E-state index is -0.996. The van der Waals surface area contributed by atoms with Crippen molar-refractivity contribution < 1.29 is 29.0 Å². The average Bonchev–Trinajstić information content (AvgIpc) is 3.46. The maximum atomic E-state index is 13.4. The lowest BCUT2D eigenvalue weighted by atomic mass is 9.95. The molecule has 1 amide bonds. The van der Waals surface area contributed by atoms with Crippen molar-refractivity contribution in [2.45, 2.75) is 13.0 Å². The van der Waals surface area contributed by atoms with Crippen LogP contribution in [0.3, 0.4) is 0 Å². The normalized spacial score (nSPS) is 16.7. The summed E-state index contributed by atoms with van der Waals surface area (Å²) in [6.45, 7) is 2.38. The Morgan fingerprint density at radius 3 is 2.39 bits per heavy atom. The number of carbonyl (C=O) groups excluding carboxylic acids is 3. The zero-order valence-electron chi connectivity index (χ0n) is 20.3. The summed E-state index contributed by atoms with van der Waals surface area (Å²) in [5.74, 6) is -1.89. The molecule has 1 saturated heterocycles. The van der Waals surface area contributed by atoms with E-state index in [1.807, 2.05) is 13.0 Å². The predicted octanol–water partition coefficient (Wildman–Crippen LogP) is 5.76. The average molecular weight is 549 g/mol. The van der Waals surface area contributed by atoms with Crippen molar-refractivity contribution >= 4 is 61.7 Å². The first-order valence-corrected chi connectivity index (χ1v) is 12.8. The van der Waals surface area contributed by atoms with Crippen LogP contribution in [-0.4, -0.2) is 41.5 Å². The van der Waals surface area contributed by atoms with Gasteiger partial charge in [-0.05, 0) is 67.1 Å². The van der Waals surface area contributed by atoms with Gasteiger partial charge in [-0.1, -0.05) is 35.1 Å². The first kappa shape index (κ1) is 25.4. The Morgan fingerprint density at radius 2 is 1.74 bits per heavy atom. The second-order valence-corrected chi connectivity index (χ2v) is 9.79. The molecule has 1 atom stereocenters. The monoisotopic (exact) mass is 548 g/mol. The molecule has 5 rings (SSSR count). The maximum absolute atomic E-state index is 13.4. The molecule has 1 aliphatic heterocycles. The van der Waals surface area contributed by atoms with Crippen LogP contribution in [-0.2, 0) is 14.3 Å². The number of benzene rings is 3. The van der Waals surface area contributed by atoms with Gasteiger partial charge >= 0.3 is 11.9 Å². The molecular weight excluding hydrogens is 528 g/mol. The van der Waals surface area contributed by atoms with E-state index in [0.29, 0.717) is 39.6 Å². The number of halogens is 1. The van der Waals surface area contributed by atoms with Crippen LogP contribution in [0.1, 0.15) is 34.5 Å². The molecule has 0 saturated carbocycles. The predicted molar refractivity (Wildman–Crippen MR) is 145 cm³/mol. The van der Waals surface area contributed by atoms with Crippen molar-refractivity contribution in [2.24, 2.45) is 0 Å². The third-order valence-corrected chi connectivity index (χ3v) is 7.34. The number of carbonyl (C=O) groups is 3. The summed E-state index contributed by atoms with van der Waals surface area (Å²) in [6.07, 6.45) is 0. The maximum Gasteiger partial charge on any atom is 0.337 e. The number of hydrogen-bond donors (Lipinski definition) is 1. The third kappa shape index (κ3) is 4.51. The Morgan fingerprint density at radius 1 is 1.05 bits per heavy atom. The van der Waals surface area contributed by atoms with Gasteiger partial charge < -0.3 is 14.6 Å². The highest BCUT2D eigenvalue weighted by molar-refractivity contribution is 7.22. The minimum absolute atomic E-state index is 0.0996. The topological polar surface area (TPSA) is 106 Å². The molecular formula is C28H21ClN2O6S. The van der Waals surface area contributed by atoms with E-state index in [1.54, 1.807) is 48.5 Å². The smallest absolute Gasteiger partial charge is 0.337 e. The highest BCUT2D eigenvalue weighted by atomic mass is 35.5. The Kier molecular flexibility index (Phi) is 6.88. The van der Waals surface area contributed by atoms with E-state index in [-0.39, 0.29) is 16.5 Å². The number of hydrogen-bond acceptors (Lipinski definition) is 8. The van der Waals surface area contributed by atoms with Crippen LogP contribution in [0.25, 0.3) is 16.0 Å². The molecule has 0 spiro atoms. The van der Waals surface area contributed by atoms with Gasteiger partial charge in [0, 0.05) is 10.6 Å². The lowest BCUT2D eigenvalue weighted by molar-refractivity contribution is -0.132. The number of amides is 1. The van der Waals surface area contributed by atoms with Gasteiger partial charge in [0.25, 0.3) is 5.78 Å². The molecule has 4 aromatic rings. The van der Waals surface area contributed by atoms with E-state index in [9.17, 15) is 19.5 Å². The van der Waals surface area contributed by atoms with E-state index in [4.69, 9.17) is 21.1 Å². The van der Waals surface area contributed by atoms with Crippen molar-refractivity contribution in [1.82, 2.24) is 4.98 Å². The van der Waals surface area contributed by atoms with Gasteiger partial charge in [0.05, 0.1) is 41.1 Å². The van der Waals surface area contributed by atoms with Gasteiger partial charge in [0.1, 0.15) is 11.5 Å². The number of Topliss-reactive ketones (excluding diaryl/α,β-unsaturated/α-hetero) is 1. The van der Waals surface area contributed by atoms with Gasteiger partial charge in [-0.2, -0.15) is 0 Å². The second kappa shape index (κ2) is 10.3. The summed E-state index contributed by atoms with van der Waals surface area (Å²) in [4.78, 5) is 44.7. The number of aliphatic hydroxyl groups is 1. The van der Waals surface area contributed by atoms with Gasteiger partial charge in [-0.25, -0.2) is 9.78 Å². The number of aliphatic hydroxyl groups excluding tert-OH is 1. The summed E-state index contributed by atoms with van der Waals surface area (Å²) in [6, 6.07) is 17.0. The summed E-state index contributed by atoms with van der Waals surface area (Å²) in [7, 11) is 1.28. The number of nitrogens with zero attached hydrogens (tertiary/aromatic N) is 2. The SMILES string of the molecule is CCOc1ccc2nc(N3C(=O)C(=O)C(=C(O)c4ccc(Cl)cc4)[C@H]3c3ccc(C(=O)OC)cc3)sc2c1. The summed E-state index contributed by atoms with van der Waals surface area (Å²) >= 11 is 7.22. The molecule has 192 valence electrons. The first-order valence-electron chi connectivity index (χ1n) is 11.6. The van der Waals surface area contributed by atoms with Gasteiger partial charge in [-0.3, -0.25) is 14.5 Å². The summed E-state index contributed by atoms with van der Waals surface area (Å²) in [5.41, 5.74) is 1.66. The van der Waals surface area contributed by atoms with Crippen molar-refractivity contribution in [2.75, 3.05) is 18.6 Å². The molecule has 2 heterocycles. The standard InChI is InChI=1S/C28H21ClN2O6S/c1-3-37-19-12-13-20-21(14-19)38-28(30-20)31-23(15-4-6-17(7-5-15)27(35)36-2)22(25(33)26(31)34)24(32)16-8-10-18(29)11-9-16/h4-14,23,32H,3H2,1-2H3/t23-/m1/s1. The molecule has 1 aromatic heterocycles. The van der Waals surface area contributed by atoms with Crippen LogP contribution < -0.4 is 9.64 Å². The number of methoxy groups -OCH3 is 1. The van der Waals surface area contributed by atoms with E-state index >= 15 is 0 Å². The zero-order chi connectivity index (χ0) is 27.0. The number of ketones is 1. The van der Waals surface area contributed by atoms with Crippen LogP contribution in [0.4, 0.5) is 5.13 Å². The van der Waals surface area contributed by atoms with Crippen LogP contribution >= 0.6 is 22.9 Å². The van der Waals surface area contributed by atoms with Crippen LogP contribution in [0, 0.1) is 0 Å². The zero-order valence-corrected chi connectivity index (χ0v) is 21.9. The van der Waals surface area contributed by atoms with E-state index in [0.717, 1.165) is 4.70 Å².